The Bertz CT molecular complexity index is 521. The Hall–Kier alpha value is -1.52. The van der Waals surface area contributed by atoms with Gasteiger partial charge in [0.25, 0.3) is 0 Å². The molecule has 2 heterocycles. The molecule has 0 aliphatic carbocycles. The van der Waals surface area contributed by atoms with E-state index < -0.39 is 5.78 Å². The Labute approximate surface area is 101 Å². The zero-order chi connectivity index (χ0) is 11.4. The van der Waals surface area contributed by atoms with E-state index in [4.69, 9.17) is 0 Å². The smallest absolute Gasteiger partial charge is 0.218 e. The molecule has 0 aliphatic rings. The molecule has 2 nitrogen and oxygen atoms in total. The Kier molecular flexibility index (Phi) is 3.44. The van der Waals surface area contributed by atoms with Crippen LogP contribution in [0.2, 0.25) is 0 Å². The molecular weight excluding hydrogens is 240 g/mol. The summed E-state index contributed by atoms with van der Waals surface area (Å²) in [4.78, 5) is 24.3. The Morgan fingerprint density at radius 3 is 2.75 bits per heavy atom. The van der Waals surface area contributed by atoms with Crippen molar-refractivity contribution in [2.45, 2.75) is 0 Å². The molecule has 0 atom stereocenters. The monoisotopic (exact) mass is 248 g/mol. The normalized spacial score (nSPS) is 10.8. The van der Waals surface area contributed by atoms with Gasteiger partial charge < -0.3 is 0 Å². The summed E-state index contributed by atoms with van der Waals surface area (Å²) in [5.41, 5.74) is 0. The maximum atomic E-state index is 10.8. The molecule has 0 saturated heterocycles. The van der Waals surface area contributed by atoms with E-state index in [-0.39, 0.29) is 0 Å². The lowest BCUT2D eigenvalue weighted by Crippen LogP contribution is -1.90. The van der Waals surface area contributed by atoms with E-state index in [1.54, 1.807) is 28.7 Å². The molecule has 0 saturated carbocycles. The summed E-state index contributed by atoms with van der Waals surface area (Å²) in [6.45, 7) is 0. The molecular formula is C12H8O2S2. The largest absolute Gasteiger partial charge is 0.294 e. The molecule has 2 aromatic rings. The number of allylic oxidation sites excluding steroid dienone is 1. The minimum atomic E-state index is -0.508. The molecule has 4 heteroatoms. The van der Waals surface area contributed by atoms with E-state index in [1.807, 2.05) is 23.6 Å². The van der Waals surface area contributed by atoms with E-state index in [1.165, 1.54) is 15.8 Å². The number of carbonyl (C=O) groups is 2. The van der Waals surface area contributed by atoms with E-state index in [9.17, 15) is 9.59 Å². The summed E-state index contributed by atoms with van der Waals surface area (Å²) in [5.74, 6) is -0.508. The summed E-state index contributed by atoms with van der Waals surface area (Å²) >= 11 is 3.28. The number of ketones is 1. The van der Waals surface area contributed by atoms with E-state index in [0.29, 0.717) is 6.29 Å². The minimum absolute atomic E-state index is 0.310. The predicted octanol–water partition coefficient (Wildman–Crippen LogP) is 3.26. The fourth-order valence-electron chi connectivity index (χ4n) is 1.20. The van der Waals surface area contributed by atoms with Gasteiger partial charge in [0.2, 0.25) is 5.78 Å². The lowest BCUT2D eigenvalue weighted by atomic mass is 10.3. The third-order valence-electron chi connectivity index (χ3n) is 1.92. The lowest BCUT2D eigenvalue weighted by Gasteiger charge is -1.87. The first-order valence-corrected chi connectivity index (χ1v) is 6.30. The van der Waals surface area contributed by atoms with Crippen LogP contribution in [-0.4, -0.2) is 12.1 Å². The lowest BCUT2D eigenvalue weighted by molar-refractivity contribution is -0.126. The average Bonchev–Trinajstić information content (AvgIpc) is 2.95. The number of hydrogen-bond donors (Lipinski definition) is 0. The summed E-state index contributed by atoms with van der Waals surface area (Å²) < 4.78 is 0. The summed E-state index contributed by atoms with van der Waals surface area (Å²) in [7, 11) is 0. The van der Waals surface area contributed by atoms with Crippen LogP contribution in [0.15, 0.2) is 35.7 Å². The van der Waals surface area contributed by atoms with Crippen LogP contribution in [0.5, 0.6) is 0 Å². The second-order valence-electron chi connectivity index (χ2n) is 3.03. The number of rotatable bonds is 4. The van der Waals surface area contributed by atoms with Crippen LogP contribution in [0.25, 0.3) is 15.8 Å². The molecule has 0 fully saturated rings. The highest BCUT2D eigenvalue weighted by atomic mass is 32.1. The van der Waals surface area contributed by atoms with Gasteiger partial charge in [-0.15, -0.1) is 22.7 Å². The predicted molar refractivity (Wildman–Crippen MR) is 67.7 cm³/mol. The van der Waals surface area contributed by atoms with Crippen molar-refractivity contribution in [2.75, 3.05) is 0 Å². The quantitative estimate of drug-likeness (QED) is 0.473. The molecule has 0 aliphatic heterocycles. The highest BCUT2D eigenvalue weighted by molar-refractivity contribution is 7.21. The van der Waals surface area contributed by atoms with Crippen LogP contribution in [-0.2, 0) is 9.59 Å². The van der Waals surface area contributed by atoms with Gasteiger partial charge in [-0.25, -0.2) is 0 Å². The van der Waals surface area contributed by atoms with Gasteiger partial charge in [0.1, 0.15) is 0 Å². The number of hydrogen-bond acceptors (Lipinski definition) is 4. The molecule has 2 aromatic heterocycles. The van der Waals surface area contributed by atoms with E-state index in [2.05, 4.69) is 6.07 Å². The van der Waals surface area contributed by atoms with Crippen molar-refractivity contribution in [1.29, 1.82) is 0 Å². The van der Waals surface area contributed by atoms with Crippen molar-refractivity contribution in [3.8, 4) is 9.75 Å². The third-order valence-corrected chi connectivity index (χ3v) is 4.03. The molecule has 0 radical (unpaired) electrons. The van der Waals surface area contributed by atoms with E-state index >= 15 is 0 Å². The van der Waals surface area contributed by atoms with Crippen LogP contribution in [0.3, 0.4) is 0 Å². The maximum Gasteiger partial charge on any atom is 0.218 e. The summed E-state index contributed by atoms with van der Waals surface area (Å²) in [6, 6.07) is 8.02. The van der Waals surface area contributed by atoms with Crippen molar-refractivity contribution in [3.05, 3.63) is 40.6 Å². The maximum absolute atomic E-state index is 10.8. The SMILES string of the molecule is O=CC(=O)C=Cc1ccc(-c2cccs2)s1. The van der Waals surface area contributed by atoms with Crippen molar-refractivity contribution in [3.63, 3.8) is 0 Å². The van der Waals surface area contributed by atoms with Crippen LogP contribution < -0.4 is 0 Å². The highest BCUT2D eigenvalue weighted by Crippen LogP contribution is 2.31. The van der Waals surface area contributed by atoms with Crippen molar-refractivity contribution in [1.82, 2.24) is 0 Å². The van der Waals surface area contributed by atoms with Crippen LogP contribution in [0, 0.1) is 0 Å². The summed E-state index contributed by atoms with van der Waals surface area (Å²) in [6.07, 6.45) is 3.26. The molecule has 16 heavy (non-hydrogen) atoms. The zero-order valence-electron chi connectivity index (χ0n) is 8.25. The highest BCUT2D eigenvalue weighted by Gasteiger charge is 2.01. The first-order valence-electron chi connectivity index (χ1n) is 4.60. The van der Waals surface area contributed by atoms with Crippen molar-refractivity contribution < 1.29 is 9.59 Å². The molecule has 80 valence electrons. The Morgan fingerprint density at radius 2 is 2.06 bits per heavy atom. The van der Waals surface area contributed by atoms with E-state index in [0.717, 1.165) is 4.88 Å². The molecule has 0 unspecified atom stereocenters. The van der Waals surface area contributed by atoms with Gasteiger partial charge >= 0.3 is 0 Å². The van der Waals surface area contributed by atoms with Crippen LogP contribution in [0.1, 0.15) is 4.88 Å². The number of thiophene rings is 2. The van der Waals surface area contributed by atoms with Crippen molar-refractivity contribution in [2.24, 2.45) is 0 Å². The second kappa shape index (κ2) is 5.01. The van der Waals surface area contributed by atoms with Crippen molar-refractivity contribution >= 4 is 40.8 Å². The van der Waals surface area contributed by atoms with Gasteiger partial charge in [0.05, 0.1) is 0 Å². The first kappa shape index (κ1) is 11.0. The first-order chi connectivity index (χ1) is 7.79. The third kappa shape index (κ3) is 2.53. The molecule has 0 amide bonds. The average molecular weight is 248 g/mol. The number of aldehydes is 1. The van der Waals surface area contributed by atoms with Gasteiger partial charge in [0.15, 0.2) is 6.29 Å². The summed E-state index contributed by atoms with van der Waals surface area (Å²) in [5, 5.41) is 2.03. The molecule has 2 rings (SSSR count). The molecule has 0 bridgehead atoms. The van der Waals surface area contributed by atoms with Gasteiger partial charge in [-0.1, -0.05) is 6.07 Å². The molecule has 0 spiro atoms. The molecule has 0 N–H and O–H groups in total. The van der Waals surface area contributed by atoms with Gasteiger partial charge in [-0.2, -0.15) is 0 Å². The van der Waals surface area contributed by atoms with Gasteiger partial charge in [-0.05, 0) is 35.7 Å². The van der Waals surface area contributed by atoms with Crippen LogP contribution >= 0.6 is 22.7 Å². The van der Waals surface area contributed by atoms with Gasteiger partial charge in [0, 0.05) is 14.6 Å². The van der Waals surface area contributed by atoms with Gasteiger partial charge in [-0.3, -0.25) is 9.59 Å². The standard InChI is InChI=1S/C12H8O2S2/c13-8-9(14)3-4-10-5-6-12(16-10)11-2-1-7-15-11/h1-8H. The molecule has 0 aromatic carbocycles. The number of carbonyl (C=O) groups excluding carboxylic acids is 2. The zero-order valence-corrected chi connectivity index (χ0v) is 9.88. The fraction of sp³-hybridized carbons (Fsp3) is 0. The minimum Gasteiger partial charge on any atom is -0.294 e. The van der Waals surface area contributed by atoms with Crippen LogP contribution in [0.4, 0.5) is 0 Å². The second-order valence-corrected chi connectivity index (χ2v) is 5.10. The fourth-order valence-corrected chi connectivity index (χ4v) is 2.94. The Morgan fingerprint density at radius 1 is 1.19 bits per heavy atom. The topological polar surface area (TPSA) is 34.1 Å². The Balaban J connectivity index is 2.17.